The predicted octanol–water partition coefficient (Wildman–Crippen LogP) is 3.53. The fourth-order valence-electron chi connectivity index (χ4n) is 2.38. The van der Waals surface area contributed by atoms with Gasteiger partial charge in [-0.25, -0.2) is 0 Å². The highest BCUT2D eigenvalue weighted by molar-refractivity contribution is 5.97. The number of aromatic nitrogens is 1. The van der Waals surface area contributed by atoms with E-state index in [4.69, 9.17) is 4.74 Å². The lowest BCUT2D eigenvalue weighted by molar-refractivity contribution is 0.0973. The summed E-state index contributed by atoms with van der Waals surface area (Å²) in [5.41, 5.74) is 1.74. The van der Waals surface area contributed by atoms with Gasteiger partial charge in [0.1, 0.15) is 5.75 Å². The van der Waals surface area contributed by atoms with Gasteiger partial charge in [0.05, 0.1) is 19.2 Å². The molecular formula is C17H15NO2. The van der Waals surface area contributed by atoms with Gasteiger partial charge in [0.2, 0.25) is 0 Å². The van der Waals surface area contributed by atoms with Crippen molar-refractivity contribution in [3.63, 3.8) is 0 Å². The first-order chi connectivity index (χ1) is 9.79. The van der Waals surface area contributed by atoms with Crippen molar-refractivity contribution in [3.8, 4) is 5.75 Å². The highest BCUT2D eigenvalue weighted by Crippen LogP contribution is 2.26. The molecule has 3 rings (SSSR count). The molecule has 100 valence electrons. The molecule has 20 heavy (non-hydrogen) atoms. The number of hydrogen-bond donors (Lipinski definition) is 0. The molecule has 3 heteroatoms. The second-order valence-electron chi connectivity index (χ2n) is 4.63. The normalized spacial score (nSPS) is 10.7. The van der Waals surface area contributed by atoms with E-state index >= 15 is 0 Å². The molecule has 0 spiro atoms. The zero-order valence-corrected chi connectivity index (χ0v) is 11.2. The molecule has 1 aromatic heterocycles. The summed E-state index contributed by atoms with van der Waals surface area (Å²) in [4.78, 5) is 12.3. The molecule has 0 amide bonds. The van der Waals surface area contributed by atoms with Crippen molar-refractivity contribution in [1.82, 2.24) is 4.57 Å². The van der Waals surface area contributed by atoms with Gasteiger partial charge in [-0.3, -0.25) is 4.79 Å². The van der Waals surface area contributed by atoms with E-state index in [1.165, 1.54) is 0 Å². The van der Waals surface area contributed by atoms with Gasteiger partial charge in [-0.05, 0) is 18.2 Å². The van der Waals surface area contributed by atoms with Crippen molar-refractivity contribution >= 4 is 16.7 Å². The zero-order chi connectivity index (χ0) is 13.9. The third-order valence-corrected chi connectivity index (χ3v) is 3.40. The lowest BCUT2D eigenvalue weighted by Gasteiger charge is -2.06. The molecule has 3 nitrogen and oxygen atoms in total. The molecule has 0 bridgehead atoms. The first-order valence-electron chi connectivity index (χ1n) is 6.49. The van der Waals surface area contributed by atoms with Crippen LogP contribution in [0, 0.1) is 0 Å². The summed E-state index contributed by atoms with van der Waals surface area (Å²) in [5.74, 6) is 0.930. The number of rotatable bonds is 4. The highest BCUT2D eigenvalue weighted by Gasteiger charge is 2.10. The van der Waals surface area contributed by atoms with Crippen molar-refractivity contribution in [2.24, 2.45) is 0 Å². The van der Waals surface area contributed by atoms with E-state index in [-0.39, 0.29) is 5.78 Å². The zero-order valence-electron chi connectivity index (χ0n) is 11.2. The Balaban J connectivity index is 1.94. The van der Waals surface area contributed by atoms with Crippen molar-refractivity contribution in [3.05, 3.63) is 66.4 Å². The fraction of sp³-hybridized carbons (Fsp3) is 0.118. The van der Waals surface area contributed by atoms with E-state index in [2.05, 4.69) is 0 Å². The van der Waals surface area contributed by atoms with Crippen LogP contribution in [0.5, 0.6) is 5.75 Å². The van der Waals surface area contributed by atoms with Gasteiger partial charge in [-0.15, -0.1) is 0 Å². The van der Waals surface area contributed by atoms with Gasteiger partial charge >= 0.3 is 0 Å². The number of carbonyl (C=O) groups excluding carboxylic acids is 1. The molecule has 0 aliphatic rings. The topological polar surface area (TPSA) is 31.2 Å². The van der Waals surface area contributed by atoms with Crippen LogP contribution in [0.4, 0.5) is 0 Å². The van der Waals surface area contributed by atoms with Gasteiger partial charge in [0.15, 0.2) is 5.78 Å². The second-order valence-corrected chi connectivity index (χ2v) is 4.63. The third kappa shape index (κ3) is 2.18. The van der Waals surface area contributed by atoms with Crippen LogP contribution in [0.15, 0.2) is 60.8 Å². The average molecular weight is 265 g/mol. The molecule has 3 aromatic rings. The number of ketones is 1. The Morgan fingerprint density at radius 1 is 1.05 bits per heavy atom. The maximum Gasteiger partial charge on any atom is 0.182 e. The van der Waals surface area contributed by atoms with E-state index in [1.807, 2.05) is 65.4 Å². The van der Waals surface area contributed by atoms with E-state index in [0.29, 0.717) is 6.54 Å². The summed E-state index contributed by atoms with van der Waals surface area (Å²) in [6.45, 7) is 0.334. The molecule has 0 radical (unpaired) electrons. The monoisotopic (exact) mass is 265 g/mol. The Morgan fingerprint density at radius 2 is 1.85 bits per heavy atom. The third-order valence-electron chi connectivity index (χ3n) is 3.40. The molecule has 1 heterocycles. The van der Waals surface area contributed by atoms with Gasteiger partial charge in [0, 0.05) is 17.1 Å². The van der Waals surface area contributed by atoms with Crippen molar-refractivity contribution in [2.75, 3.05) is 7.11 Å². The minimum absolute atomic E-state index is 0.103. The van der Waals surface area contributed by atoms with Gasteiger partial charge in [-0.1, -0.05) is 36.4 Å². The number of nitrogens with zero attached hydrogens (tertiary/aromatic N) is 1. The highest BCUT2D eigenvalue weighted by atomic mass is 16.5. The van der Waals surface area contributed by atoms with Crippen LogP contribution in [0.2, 0.25) is 0 Å². The summed E-state index contributed by atoms with van der Waals surface area (Å²) < 4.78 is 7.28. The summed E-state index contributed by atoms with van der Waals surface area (Å²) in [7, 11) is 1.65. The minimum Gasteiger partial charge on any atom is -0.496 e. The smallest absolute Gasteiger partial charge is 0.182 e. The Morgan fingerprint density at radius 3 is 2.60 bits per heavy atom. The quantitative estimate of drug-likeness (QED) is 0.676. The first-order valence-corrected chi connectivity index (χ1v) is 6.49. The largest absolute Gasteiger partial charge is 0.496 e. The Hall–Kier alpha value is -2.55. The van der Waals surface area contributed by atoms with Crippen LogP contribution in [0.3, 0.4) is 0 Å². The van der Waals surface area contributed by atoms with E-state index in [1.54, 1.807) is 7.11 Å². The van der Waals surface area contributed by atoms with E-state index in [0.717, 1.165) is 22.2 Å². The average Bonchev–Trinajstić information content (AvgIpc) is 2.91. The van der Waals surface area contributed by atoms with Crippen LogP contribution in [-0.2, 0) is 6.54 Å². The van der Waals surface area contributed by atoms with Crippen LogP contribution >= 0.6 is 0 Å². The number of methoxy groups -OCH3 is 1. The Kier molecular flexibility index (Phi) is 3.25. The molecule has 2 aromatic carbocycles. The fourth-order valence-corrected chi connectivity index (χ4v) is 2.38. The molecule has 0 saturated carbocycles. The van der Waals surface area contributed by atoms with E-state index in [9.17, 15) is 4.79 Å². The number of hydrogen-bond acceptors (Lipinski definition) is 2. The number of fused-ring (bicyclic) bond motifs is 1. The summed E-state index contributed by atoms with van der Waals surface area (Å²) in [6, 6.07) is 17.2. The van der Waals surface area contributed by atoms with Crippen molar-refractivity contribution in [2.45, 2.75) is 6.54 Å². The molecule has 0 atom stereocenters. The first kappa shape index (κ1) is 12.5. The number of ether oxygens (including phenoxy) is 1. The van der Waals surface area contributed by atoms with E-state index < -0.39 is 0 Å². The number of Topliss-reactive ketones (excluding diaryl/α,β-unsaturated/α-hetero) is 1. The second kappa shape index (κ2) is 5.21. The molecular weight excluding hydrogens is 250 g/mol. The SMILES string of the molecule is COc1cccc2c1ccn2CC(=O)c1ccccc1. The van der Waals surface area contributed by atoms with Crippen LogP contribution in [-0.4, -0.2) is 17.5 Å². The lowest BCUT2D eigenvalue weighted by atomic mass is 10.1. The number of benzene rings is 2. The molecule has 0 unspecified atom stereocenters. The van der Waals surface area contributed by atoms with Crippen LogP contribution < -0.4 is 4.74 Å². The van der Waals surface area contributed by atoms with Crippen molar-refractivity contribution in [1.29, 1.82) is 0 Å². The van der Waals surface area contributed by atoms with Crippen LogP contribution in [0.1, 0.15) is 10.4 Å². The molecule has 0 saturated heterocycles. The standard InChI is InChI=1S/C17H15NO2/c1-20-17-9-5-8-15-14(17)10-11-18(15)12-16(19)13-6-3-2-4-7-13/h2-11H,12H2,1H3. The van der Waals surface area contributed by atoms with Gasteiger partial charge in [-0.2, -0.15) is 0 Å². The summed E-state index contributed by atoms with van der Waals surface area (Å²) in [6.07, 6.45) is 1.92. The Labute approximate surface area is 117 Å². The predicted molar refractivity (Wildman–Crippen MR) is 79.3 cm³/mol. The Bertz CT molecular complexity index is 744. The summed E-state index contributed by atoms with van der Waals surface area (Å²) >= 11 is 0. The maximum absolute atomic E-state index is 12.3. The van der Waals surface area contributed by atoms with Crippen molar-refractivity contribution < 1.29 is 9.53 Å². The van der Waals surface area contributed by atoms with Gasteiger partial charge < -0.3 is 9.30 Å². The van der Waals surface area contributed by atoms with Crippen LogP contribution in [0.25, 0.3) is 10.9 Å². The lowest BCUT2D eigenvalue weighted by Crippen LogP contribution is -2.09. The molecule has 0 aliphatic heterocycles. The minimum atomic E-state index is 0.103. The molecule has 0 N–H and O–H groups in total. The molecule has 0 aliphatic carbocycles. The number of carbonyl (C=O) groups is 1. The van der Waals surface area contributed by atoms with Gasteiger partial charge in [0.25, 0.3) is 0 Å². The maximum atomic E-state index is 12.3. The summed E-state index contributed by atoms with van der Waals surface area (Å²) in [5, 5.41) is 1.02. The molecule has 0 fully saturated rings.